The summed E-state index contributed by atoms with van der Waals surface area (Å²) in [5, 5.41) is 0. The summed E-state index contributed by atoms with van der Waals surface area (Å²) in [6, 6.07) is 8.35. The average Bonchev–Trinajstić information content (AvgIpc) is 2.49. The molecule has 0 amide bonds. The van der Waals surface area contributed by atoms with Crippen molar-refractivity contribution in [1.29, 1.82) is 0 Å². The molecule has 20 heavy (non-hydrogen) atoms. The first-order valence-corrected chi connectivity index (χ1v) is 7.64. The molecule has 1 aliphatic rings. The molecule has 0 heterocycles. The van der Waals surface area contributed by atoms with Gasteiger partial charge in [-0.05, 0) is 56.3 Å². The van der Waals surface area contributed by atoms with Crippen LogP contribution in [-0.4, -0.2) is 31.1 Å². The van der Waals surface area contributed by atoms with E-state index in [9.17, 15) is 0 Å². The Morgan fingerprint density at radius 1 is 1.25 bits per heavy atom. The Morgan fingerprint density at radius 3 is 2.35 bits per heavy atom. The van der Waals surface area contributed by atoms with E-state index >= 15 is 0 Å². The molecule has 1 fully saturated rings. The van der Waals surface area contributed by atoms with E-state index in [4.69, 9.17) is 10.5 Å². The summed E-state index contributed by atoms with van der Waals surface area (Å²) in [6.45, 7) is 4.06. The van der Waals surface area contributed by atoms with Gasteiger partial charge < -0.3 is 10.5 Å². The predicted molar refractivity (Wildman–Crippen MR) is 83.9 cm³/mol. The van der Waals surface area contributed by atoms with Crippen molar-refractivity contribution in [3.8, 4) is 5.75 Å². The van der Waals surface area contributed by atoms with Crippen LogP contribution in [0.15, 0.2) is 24.3 Å². The van der Waals surface area contributed by atoms with Crippen LogP contribution < -0.4 is 10.5 Å². The molecule has 1 aromatic carbocycles. The normalized spacial score (nSPS) is 26.8. The zero-order valence-electron chi connectivity index (χ0n) is 13.1. The van der Waals surface area contributed by atoms with Crippen molar-refractivity contribution in [2.45, 2.75) is 44.7 Å². The Hall–Kier alpha value is -1.06. The molecule has 2 rings (SSSR count). The summed E-state index contributed by atoms with van der Waals surface area (Å²) in [7, 11) is 3.92. The van der Waals surface area contributed by atoms with Crippen molar-refractivity contribution >= 4 is 0 Å². The Labute approximate surface area is 123 Å². The molecule has 1 saturated carbocycles. The number of benzene rings is 1. The lowest BCUT2D eigenvalue weighted by atomic mass is 9.76. The van der Waals surface area contributed by atoms with Gasteiger partial charge in [0, 0.05) is 18.6 Å². The number of rotatable bonds is 5. The van der Waals surface area contributed by atoms with E-state index < -0.39 is 0 Å². The van der Waals surface area contributed by atoms with Gasteiger partial charge in [0.15, 0.2) is 0 Å². The SMILES string of the molecule is COc1ccc(CN(C)C2(CN)CCC(C)CC2)cc1. The highest BCUT2D eigenvalue weighted by Crippen LogP contribution is 2.35. The highest BCUT2D eigenvalue weighted by Gasteiger charge is 2.36. The quantitative estimate of drug-likeness (QED) is 0.898. The van der Waals surface area contributed by atoms with Crippen molar-refractivity contribution in [3.05, 3.63) is 29.8 Å². The van der Waals surface area contributed by atoms with Crippen molar-refractivity contribution in [2.75, 3.05) is 20.7 Å². The number of likely N-dealkylation sites (N-methyl/N-ethyl adjacent to an activating group) is 1. The van der Waals surface area contributed by atoms with Crippen LogP contribution in [-0.2, 0) is 6.54 Å². The molecular formula is C17H28N2O. The zero-order chi connectivity index (χ0) is 14.6. The third-order valence-corrected chi connectivity index (χ3v) is 4.97. The number of nitrogens with zero attached hydrogens (tertiary/aromatic N) is 1. The molecule has 3 heteroatoms. The van der Waals surface area contributed by atoms with Gasteiger partial charge in [0.25, 0.3) is 0 Å². The van der Waals surface area contributed by atoms with Crippen LogP contribution in [0.5, 0.6) is 5.75 Å². The molecule has 112 valence electrons. The third-order valence-electron chi connectivity index (χ3n) is 4.97. The highest BCUT2D eigenvalue weighted by atomic mass is 16.5. The van der Waals surface area contributed by atoms with E-state index in [-0.39, 0.29) is 5.54 Å². The van der Waals surface area contributed by atoms with Gasteiger partial charge in [-0.1, -0.05) is 19.1 Å². The van der Waals surface area contributed by atoms with Gasteiger partial charge in [0.2, 0.25) is 0 Å². The smallest absolute Gasteiger partial charge is 0.118 e. The third kappa shape index (κ3) is 3.33. The molecule has 0 bridgehead atoms. The van der Waals surface area contributed by atoms with Crippen LogP contribution in [0.2, 0.25) is 0 Å². The van der Waals surface area contributed by atoms with Gasteiger partial charge in [-0.3, -0.25) is 4.90 Å². The lowest BCUT2D eigenvalue weighted by molar-refractivity contribution is 0.0616. The first-order valence-electron chi connectivity index (χ1n) is 7.64. The molecule has 0 atom stereocenters. The molecule has 0 aromatic heterocycles. The van der Waals surface area contributed by atoms with E-state index in [0.717, 1.165) is 24.8 Å². The summed E-state index contributed by atoms with van der Waals surface area (Å²) >= 11 is 0. The van der Waals surface area contributed by atoms with Crippen molar-refractivity contribution in [2.24, 2.45) is 11.7 Å². The maximum absolute atomic E-state index is 6.12. The number of hydrogen-bond acceptors (Lipinski definition) is 3. The van der Waals surface area contributed by atoms with Gasteiger partial charge in [-0.25, -0.2) is 0 Å². The molecule has 0 radical (unpaired) electrons. The van der Waals surface area contributed by atoms with Gasteiger partial charge in [0.1, 0.15) is 5.75 Å². The Bertz CT molecular complexity index is 408. The maximum Gasteiger partial charge on any atom is 0.118 e. The predicted octanol–water partition coefficient (Wildman–Crippen LogP) is 3.03. The first kappa shape index (κ1) is 15.3. The minimum atomic E-state index is 0.187. The van der Waals surface area contributed by atoms with Crippen molar-refractivity contribution in [3.63, 3.8) is 0 Å². The summed E-state index contributed by atoms with van der Waals surface area (Å²) in [4.78, 5) is 2.46. The lowest BCUT2D eigenvalue weighted by Gasteiger charge is -2.45. The number of ether oxygens (including phenoxy) is 1. The van der Waals surface area contributed by atoms with Gasteiger partial charge in [-0.15, -0.1) is 0 Å². The van der Waals surface area contributed by atoms with Gasteiger partial charge >= 0.3 is 0 Å². The number of hydrogen-bond donors (Lipinski definition) is 1. The number of nitrogens with two attached hydrogens (primary N) is 1. The van der Waals surface area contributed by atoms with Gasteiger partial charge in [0.05, 0.1) is 7.11 Å². The summed E-state index contributed by atoms with van der Waals surface area (Å²) in [5.74, 6) is 1.76. The fourth-order valence-electron chi connectivity index (χ4n) is 3.21. The second-order valence-corrected chi connectivity index (χ2v) is 6.32. The van der Waals surface area contributed by atoms with E-state index in [2.05, 4.69) is 31.0 Å². The van der Waals surface area contributed by atoms with Crippen LogP contribution >= 0.6 is 0 Å². The largest absolute Gasteiger partial charge is 0.497 e. The second kappa shape index (κ2) is 6.59. The Kier molecular flexibility index (Phi) is 5.06. The van der Waals surface area contributed by atoms with Crippen molar-refractivity contribution < 1.29 is 4.74 Å². The molecule has 1 aromatic rings. The number of methoxy groups -OCH3 is 1. The first-order chi connectivity index (χ1) is 9.59. The molecule has 0 aliphatic heterocycles. The van der Waals surface area contributed by atoms with E-state index in [1.165, 1.54) is 31.2 Å². The van der Waals surface area contributed by atoms with Crippen LogP contribution in [0.3, 0.4) is 0 Å². The maximum atomic E-state index is 6.12. The lowest BCUT2D eigenvalue weighted by Crippen LogP contribution is -2.53. The topological polar surface area (TPSA) is 38.5 Å². The standard InChI is InChI=1S/C17H28N2O/c1-14-8-10-17(13-18,11-9-14)19(2)12-15-4-6-16(20-3)7-5-15/h4-7,14H,8-13,18H2,1-3H3. The molecule has 0 saturated heterocycles. The Morgan fingerprint density at radius 2 is 1.85 bits per heavy atom. The van der Waals surface area contributed by atoms with Crippen molar-refractivity contribution in [1.82, 2.24) is 4.90 Å². The molecule has 0 spiro atoms. The van der Waals surface area contributed by atoms with E-state index in [1.54, 1.807) is 7.11 Å². The molecule has 2 N–H and O–H groups in total. The fourth-order valence-corrected chi connectivity index (χ4v) is 3.21. The van der Waals surface area contributed by atoms with Crippen LogP contribution in [0, 0.1) is 5.92 Å². The highest BCUT2D eigenvalue weighted by molar-refractivity contribution is 5.27. The molecular weight excluding hydrogens is 248 g/mol. The van der Waals surface area contributed by atoms with E-state index in [0.29, 0.717) is 0 Å². The minimum absolute atomic E-state index is 0.187. The molecule has 1 aliphatic carbocycles. The summed E-state index contributed by atoms with van der Waals surface area (Å²) in [6.07, 6.45) is 5.03. The van der Waals surface area contributed by atoms with E-state index in [1.807, 2.05) is 12.1 Å². The van der Waals surface area contributed by atoms with Gasteiger partial charge in [-0.2, -0.15) is 0 Å². The van der Waals surface area contributed by atoms with Crippen LogP contribution in [0.4, 0.5) is 0 Å². The Balaban J connectivity index is 2.03. The minimum Gasteiger partial charge on any atom is -0.497 e. The van der Waals surface area contributed by atoms with Crippen LogP contribution in [0.25, 0.3) is 0 Å². The van der Waals surface area contributed by atoms with Crippen LogP contribution in [0.1, 0.15) is 38.2 Å². The zero-order valence-corrected chi connectivity index (χ0v) is 13.1. The molecule has 3 nitrogen and oxygen atoms in total. The monoisotopic (exact) mass is 276 g/mol. The second-order valence-electron chi connectivity index (χ2n) is 6.32. The molecule has 0 unspecified atom stereocenters. The average molecular weight is 276 g/mol. The fraction of sp³-hybridized carbons (Fsp3) is 0.647. The summed E-state index contributed by atoms with van der Waals surface area (Å²) in [5.41, 5.74) is 7.63. The summed E-state index contributed by atoms with van der Waals surface area (Å²) < 4.78 is 5.21.